The topological polar surface area (TPSA) is 76.1 Å². The van der Waals surface area contributed by atoms with Crippen molar-refractivity contribution in [2.45, 2.75) is 25.4 Å². The Morgan fingerprint density at radius 2 is 2.09 bits per heavy atom. The number of carbonyl (C=O) groups is 2. The highest BCUT2D eigenvalue weighted by Crippen LogP contribution is 2.14. The Hall–Kier alpha value is -2.08. The number of methoxy groups -OCH3 is 1. The molecule has 0 radical (unpaired) electrons. The number of aryl methyl sites for hydroxylation is 1. The van der Waals surface area contributed by atoms with Crippen LogP contribution in [0.3, 0.4) is 0 Å². The van der Waals surface area contributed by atoms with Gasteiger partial charge in [0, 0.05) is 13.0 Å². The first kappa shape index (κ1) is 16.3. The number of nitrogens with zero attached hydrogens (tertiary/aromatic N) is 1. The number of aliphatic carboxylic acids is 1. The highest BCUT2D eigenvalue weighted by atomic mass is 16.5. The number of benzene rings is 1. The summed E-state index contributed by atoms with van der Waals surface area (Å²) >= 11 is 0. The van der Waals surface area contributed by atoms with Gasteiger partial charge in [0.05, 0.1) is 20.3 Å². The summed E-state index contributed by atoms with van der Waals surface area (Å²) in [4.78, 5) is 24.6. The smallest absolute Gasteiger partial charge is 0.334 e. The predicted octanol–water partition coefficient (Wildman–Crippen LogP) is 1.33. The van der Waals surface area contributed by atoms with Crippen LogP contribution in [-0.2, 0) is 20.7 Å². The molecule has 1 fully saturated rings. The Kier molecular flexibility index (Phi) is 5.77. The molecule has 1 aliphatic rings. The number of amides is 1. The third kappa shape index (κ3) is 4.46. The van der Waals surface area contributed by atoms with Crippen molar-refractivity contribution in [2.24, 2.45) is 0 Å². The summed E-state index contributed by atoms with van der Waals surface area (Å²) < 4.78 is 10.2. The molecule has 1 heterocycles. The summed E-state index contributed by atoms with van der Waals surface area (Å²) in [5, 5.41) is 8.93. The second kappa shape index (κ2) is 7.79. The van der Waals surface area contributed by atoms with Crippen LogP contribution in [0.25, 0.3) is 0 Å². The zero-order chi connectivity index (χ0) is 15.9. The Bertz CT molecular complexity index is 514. The van der Waals surface area contributed by atoms with Crippen LogP contribution in [0.5, 0.6) is 5.75 Å². The van der Waals surface area contributed by atoms with E-state index in [9.17, 15) is 9.59 Å². The minimum Gasteiger partial charge on any atom is -0.497 e. The number of carbonyl (C=O) groups excluding carboxylic acids is 1. The minimum atomic E-state index is -1.02. The third-order valence-corrected chi connectivity index (χ3v) is 3.71. The maximum atomic E-state index is 12.1. The van der Waals surface area contributed by atoms with E-state index in [1.807, 2.05) is 24.3 Å². The molecule has 1 atom stereocenters. The van der Waals surface area contributed by atoms with Crippen molar-refractivity contribution in [1.82, 2.24) is 4.90 Å². The van der Waals surface area contributed by atoms with E-state index in [4.69, 9.17) is 14.6 Å². The monoisotopic (exact) mass is 307 g/mol. The lowest BCUT2D eigenvalue weighted by Gasteiger charge is -2.30. The van der Waals surface area contributed by atoms with Gasteiger partial charge >= 0.3 is 5.97 Å². The van der Waals surface area contributed by atoms with E-state index in [1.54, 1.807) is 12.0 Å². The van der Waals surface area contributed by atoms with Gasteiger partial charge in [0.15, 0.2) is 6.10 Å². The van der Waals surface area contributed by atoms with Crippen molar-refractivity contribution in [1.29, 1.82) is 0 Å². The zero-order valence-electron chi connectivity index (χ0n) is 12.7. The van der Waals surface area contributed by atoms with E-state index in [1.165, 1.54) is 0 Å². The maximum Gasteiger partial charge on any atom is 0.334 e. The number of carboxylic acid groups (broad SMARTS) is 1. The van der Waals surface area contributed by atoms with Gasteiger partial charge in [0.25, 0.3) is 0 Å². The van der Waals surface area contributed by atoms with Gasteiger partial charge in [-0.15, -0.1) is 0 Å². The molecule has 1 aromatic rings. The highest BCUT2D eigenvalue weighted by Gasteiger charge is 2.28. The summed E-state index contributed by atoms with van der Waals surface area (Å²) in [6, 6.07) is 7.77. The van der Waals surface area contributed by atoms with Gasteiger partial charge in [0.1, 0.15) is 5.75 Å². The van der Waals surface area contributed by atoms with E-state index in [0.29, 0.717) is 13.0 Å². The molecule has 6 nitrogen and oxygen atoms in total. The normalized spacial score (nSPS) is 18.0. The standard InChI is InChI=1S/C16H21NO5/c1-21-13-7-5-12(6-8-13)3-2-4-15(18)17-9-10-22-14(11-17)16(19)20/h5-8,14H,2-4,9-11H2,1H3,(H,19,20). The first-order valence-corrected chi connectivity index (χ1v) is 7.35. The summed E-state index contributed by atoms with van der Waals surface area (Å²) in [6.07, 6.45) is 1.06. The van der Waals surface area contributed by atoms with Crippen molar-refractivity contribution in [3.8, 4) is 5.75 Å². The molecule has 2 rings (SSSR count). The van der Waals surface area contributed by atoms with Crippen LogP contribution in [0.1, 0.15) is 18.4 Å². The molecule has 22 heavy (non-hydrogen) atoms. The average molecular weight is 307 g/mol. The van der Waals surface area contributed by atoms with Gasteiger partial charge in [-0.1, -0.05) is 12.1 Å². The fraction of sp³-hybridized carbons (Fsp3) is 0.500. The summed E-state index contributed by atoms with van der Waals surface area (Å²) in [7, 11) is 1.63. The zero-order valence-corrected chi connectivity index (χ0v) is 12.7. The van der Waals surface area contributed by atoms with Gasteiger partial charge < -0.3 is 19.5 Å². The van der Waals surface area contributed by atoms with Crippen molar-refractivity contribution in [3.63, 3.8) is 0 Å². The van der Waals surface area contributed by atoms with E-state index in [0.717, 1.165) is 24.2 Å². The molecule has 6 heteroatoms. The number of rotatable bonds is 6. The Morgan fingerprint density at radius 3 is 2.73 bits per heavy atom. The van der Waals surface area contributed by atoms with Crippen LogP contribution in [0.4, 0.5) is 0 Å². The maximum absolute atomic E-state index is 12.1. The number of carboxylic acids is 1. The average Bonchev–Trinajstić information content (AvgIpc) is 2.55. The van der Waals surface area contributed by atoms with Crippen molar-refractivity contribution < 1.29 is 24.2 Å². The Labute approximate surface area is 129 Å². The van der Waals surface area contributed by atoms with E-state index < -0.39 is 12.1 Å². The van der Waals surface area contributed by atoms with Crippen LogP contribution < -0.4 is 4.74 Å². The fourth-order valence-corrected chi connectivity index (χ4v) is 2.42. The van der Waals surface area contributed by atoms with Crippen molar-refractivity contribution >= 4 is 11.9 Å². The van der Waals surface area contributed by atoms with Crippen LogP contribution in [0.2, 0.25) is 0 Å². The molecule has 1 saturated heterocycles. The quantitative estimate of drug-likeness (QED) is 0.858. The second-order valence-corrected chi connectivity index (χ2v) is 5.24. The SMILES string of the molecule is COc1ccc(CCCC(=O)N2CCOC(C(=O)O)C2)cc1. The lowest BCUT2D eigenvalue weighted by Crippen LogP contribution is -2.48. The molecule has 0 bridgehead atoms. The molecular formula is C16H21NO5. The molecule has 1 amide bonds. The summed E-state index contributed by atoms with van der Waals surface area (Å²) in [5.74, 6) is -0.216. The molecule has 120 valence electrons. The first-order chi connectivity index (χ1) is 10.6. The largest absolute Gasteiger partial charge is 0.497 e. The van der Waals surface area contributed by atoms with E-state index in [2.05, 4.69) is 0 Å². The van der Waals surface area contributed by atoms with Crippen molar-refractivity contribution in [3.05, 3.63) is 29.8 Å². The number of ether oxygens (including phenoxy) is 2. The lowest BCUT2D eigenvalue weighted by atomic mass is 10.1. The predicted molar refractivity (Wildman–Crippen MR) is 79.9 cm³/mol. The van der Waals surface area contributed by atoms with Crippen LogP contribution >= 0.6 is 0 Å². The van der Waals surface area contributed by atoms with Crippen LogP contribution in [0, 0.1) is 0 Å². The highest BCUT2D eigenvalue weighted by molar-refractivity contribution is 5.78. The van der Waals surface area contributed by atoms with E-state index >= 15 is 0 Å². The van der Waals surface area contributed by atoms with Crippen LogP contribution in [-0.4, -0.2) is 54.8 Å². The summed E-state index contributed by atoms with van der Waals surface area (Å²) in [5.41, 5.74) is 1.15. The number of hydrogen-bond donors (Lipinski definition) is 1. The molecule has 0 aliphatic carbocycles. The Morgan fingerprint density at radius 1 is 1.36 bits per heavy atom. The fourth-order valence-electron chi connectivity index (χ4n) is 2.42. The van der Waals surface area contributed by atoms with Gasteiger partial charge in [-0.2, -0.15) is 0 Å². The second-order valence-electron chi connectivity index (χ2n) is 5.24. The van der Waals surface area contributed by atoms with Crippen molar-refractivity contribution in [2.75, 3.05) is 26.8 Å². The summed E-state index contributed by atoms with van der Waals surface area (Å²) in [6.45, 7) is 0.878. The molecule has 0 saturated carbocycles. The van der Waals surface area contributed by atoms with Gasteiger partial charge in [-0.25, -0.2) is 4.79 Å². The Balaban J connectivity index is 1.76. The molecular weight excluding hydrogens is 286 g/mol. The van der Waals surface area contributed by atoms with E-state index in [-0.39, 0.29) is 19.1 Å². The lowest BCUT2D eigenvalue weighted by molar-refractivity contribution is -0.159. The molecule has 0 spiro atoms. The molecule has 1 aliphatic heterocycles. The van der Waals surface area contributed by atoms with Gasteiger partial charge in [-0.3, -0.25) is 4.79 Å². The van der Waals surface area contributed by atoms with Gasteiger partial charge in [-0.05, 0) is 30.5 Å². The molecule has 1 N–H and O–H groups in total. The minimum absolute atomic E-state index is 0.0111. The number of hydrogen-bond acceptors (Lipinski definition) is 4. The third-order valence-electron chi connectivity index (χ3n) is 3.71. The number of morpholine rings is 1. The van der Waals surface area contributed by atoms with Crippen LogP contribution in [0.15, 0.2) is 24.3 Å². The molecule has 1 aromatic carbocycles. The molecule has 1 unspecified atom stereocenters. The molecule has 0 aromatic heterocycles. The van der Waals surface area contributed by atoms with Gasteiger partial charge in [0.2, 0.25) is 5.91 Å². The first-order valence-electron chi connectivity index (χ1n) is 7.35.